The van der Waals surface area contributed by atoms with Crippen LogP contribution >= 0.6 is 0 Å². The predicted octanol–water partition coefficient (Wildman–Crippen LogP) is 3.42. The molecule has 1 amide bonds. The van der Waals surface area contributed by atoms with Gasteiger partial charge in [-0.2, -0.15) is 5.10 Å². The fourth-order valence-corrected chi connectivity index (χ4v) is 3.17. The van der Waals surface area contributed by atoms with Crippen LogP contribution in [0.25, 0.3) is 11.3 Å². The van der Waals surface area contributed by atoms with Crippen LogP contribution in [0.1, 0.15) is 23.6 Å². The van der Waals surface area contributed by atoms with E-state index in [2.05, 4.69) is 10.4 Å². The average Bonchev–Trinajstić information content (AvgIpc) is 2.69. The Hall–Kier alpha value is -3.41. The summed E-state index contributed by atoms with van der Waals surface area (Å²) in [5.74, 6) is 0.427. The van der Waals surface area contributed by atoms with E-state index in [1.807, 2.05) is 63.2 Å². The minimum Gasteiger partial charge on any atom is -0.481 e. The number of nitrogens with zero attached hydrogens (tertiary/aromatic N) is 2. The van der Waals surface area contributed by atoms with Gasteiger partial charge in [0.2, 0.25) is 0 Å². The lowest BCUT2D eigenvalue weighted by Gasteiger charge is -2.16. The molecule has 3 rings (SSSR count). The highest BCUT2D eigenvalue weighted by molar-refractivity contribution is 5.80. The van der Waals surface area contributed by atoms with Crippen molar-refractivity contribution in [2.24, 2.45) is 0 Å². The van der Waals surface area contributed by atoms with Crippen LogP contribution in [0.4, 0.5) is 0 Å². The van der Waals surface area contributed by atoms with Crippen molar-refractivity contribution >= 4 is 5.91 Å². The van der Waals surface area contributed by atoms with Gasteiger partial charge in [-0.05, 0) is 57.0 Å². The Morgan fingerprint density at radius 1 is 1.00 bits per heavy atom. The Labute approximate surface area is 176 Å². The molecule has 0 saturated carbocycles. The Kier molecular flexibility index (Phi) is 6.67. The molecule has 1 heterocycles. The van der Waals surface area contributed by atoms with Crippen LogP contribution in [0.5, 0.6) is 5.75 Å². The van der Waals surface area contributed by atoms with Crippen molar-refractivity contribution in [1.29, 1.82) is 0 Å². The highest BCUT2D eigenvalue weighted by Gasteiger charge is 2.14. The fourth-order valence-electron chi connectivity index (χ4n) is 3.17. The van der Waals surface area contributed by atoms with Crippen molar-refractivity contribution in [2.45, 2.75) is 40.3 Å². The van der Waals surface area contributed by atoms with E-state index in [-0.39, 0.29) is 24.6 Å². The summed E-state index contributed by atoms with van der Waals surface area (Å²) in [5.41, 5.74) is 4.76. The van der Waals surface area contributed by atoms with Gasteiger partial charge < -0.3 is 10.1 Å². The number of aromatic nitrogens is 2. The average molecular weight is 405 g/mol. The molecular weight excluding hydrogens is 378 g/mol. The van der Waals surface area contributed by atoms with E-state index in [0.717, 1.165) is 22.3 Å². The van der Waals surface area contributed by atoms with Gasteiger partial charge in [0, 0.05) is 18.2 Å². The summed E-state index contributed by atoms with van der Waals surface area (Å²) in [6.07, 6.45) is -0.644. The smallest absolute Gasteiger partial charge is 0.266 e. The Morgan fingerprint density at radius 3 is 2.33 bits per heavy atom. The lowest BCUT2D eigenvalue weighted by Crippen LogP contribution is -2.39. The number of hydrogen-bond acceptors (Lipinski definition) is 4. The van der Waals surface area contributed by atoms with Crippen LogP contribution in [-0.4, -0.2) is 28.3 Å². The zero-order valence-electron chi connectivity index (χ0n) is 17.8. The number of rotatable bonds is 7. The molecule has 0 fully saturated rings. The molecule has 156 valence electrons. The standard InChI is InChI=1S/C24H27N3O3/c1-16-5-7-20(8-6-16)22-9-10-23(28)27(26-22)12-11-25-24(29)19(4)30-21-14-17(2)13-18(3)15-21/h5-10,13-15,19H,11-12H2,1-4H3,(H,25,29). The van der Waals surface area contributed by atoms with Gasteiger partial charge in [-0.15, -0.1) is 0 Å². The van der Waals surface area contributed by atoms with Gasteiger partial charge in [0.1, 0.15) is 5.75 Å². The van der Waals surface area contributed by atoms with E-state index in [9.17, 15) is 9.59 Å². The molecule has 3 aromatic rings. The quantitative estimate of drug-likeness (QED) is 0.654. The third-order valence-corrected chi connectivity index (χ3v) is 4.71. The molecule has 0 spiro atoms. The summed E-state index contributed by atoms with van der Waals surface area (Å²) in [6, 6.07) is 17.0. The van der Waals surface area contributed by atoms with Crippen LogP contribution in [-0.2, 0) is 11.3 Å². The van der Waals surface area contributed by atoms with E-state index >= 15 is 0 Å². The van der Waals surface area contributed by atoms with Gasteiger partial charge in [0.05, 0.1) is 12.2 Å². The maximum atomic E-state index is 12.4. The predicted molar refractivity (Wildman–Crippen MR) is 118 cm³/mol. The number of hydrogen-bond donors (Lipinski definition) is 1. The Bertz CT molecular complexity index is 1070. The lowest BCUT2D eigenvalue weighted by molar-refractivity contribution is -0.127. The van der Waals surface area contributed by atoms with Gasteiger partial charge in [-0.1, -0.05) is 35.9 Å². The van der Waals surface area contributed by atoms with Crippen LogP contribution in [0.2, 0.25) is 0 Å². The van der Waals surface area contributed by atoms with Crippen LogP contribution in [0, 0.1) is 20.8 Å². The second-order valence-corrected chi connectivity index (χ2v) is 7.52. The minimum atomic E-state index is -0.644. The summed E-state index contributed by atoms with van der Waals surface area (Å²) in [5, 5.41) is 7.23. The number of ether oxygens (including phenoxy) is 1. The number of nitrogens with one attached hydrogen (secondary N) is 1. The molecule has 1 aromatic heterocycles. The van der Waals surface area contributed by atoms with Crippen molar-refractivity contribution in [3.8, 4) is 17.0 Å². The third-order valence-electron chi connectivity index (χ3n) is 4.71. The Balaban J connectivity index is 1.58. The number of benzene rings is 2. The van der Waals surface area contributed by atoms with Crippen molar-refractivity contribution in [2.75, 3.05) is 6.54 Å². The van der Waals surface area contributed by atoms with Gasteiger partial charge >= 0.3 is 0 Å². The molecule has 1 atom stereocenters. The monoisotopic (exact) mass is 405 g/mol. The number of carbonyl (C=O) groups is 1. The van der Waals surface area contributed by atoms with Gasteiger partial charge in [-0.25, -0.2) is 4.68 Å². The van der Waals surface area contributed by atoms with Gasteiger partial charge in [0.15, 0.2) is 6.10 Å². The third kappa shape index (κ3) is 5.56. The first-order valence-electron chi connectivity index (χ1n) is 10.00. The van der Waals surface area contributed by atoms with Crippen LogP contribution < -0.4 is 15.6 Å². The molecular formula is C24H27N3O3. The topological polar surface area (TPSA) is 73.2 Å². The second-order valence-electron chi connectivity index (χ2n) is 7.52. The van der Waals surface area contributed by atoms with Crippen LogP contribution in [0.3, 0.4) is 0 Å². The van der Waals surface area contributed by atoms with Crippen LogP contribution in [0.15, 0.2) is 59.4 Å². The highest BCUT2D eigenvalue weighted by Crippen LogP contribution is 2.18. The van der Waals surface area contributed by atoms with E-state index in [1.54, 1.807) is 13.0 Å². The molecule has 0 aliphatic rings. The minimum absolute atomic E-state index is 0.209. The van der Waals surface area contributed by atoms with E-state index in [1.165, 1.54) is 10.7 Å². The number of aryl methyl sites for hydroxylation is 3. The molecule has 0 saturated heterocycles. The summed E-state index contributed by atoms with van der Waals surface area (Å²) in [4.78, 5) is 24.5. The summed E-state index contributed by atoms with van der Waals surface area (Å²) in [7, 11) is 0. The molecule has 0 bridgehead atoms. The lowest BCUT2D eigenvalue weighted by atomic mass is 10.1. The molecule has 1 unspecified atom stereocenters. The molecule has 6 nitrogen and oxygen atoms in total. The van der Waals surface area contributed by atoms with E-state index in [0.29, 0.717) is 11.4 Å². The zero-order chi connectivity index (χ0) is 21.7. The van der Waals surface area contributed by atoms with Crippen molar-refractivity contribution in [3.63, 3.8) is 0 Å². The maximum absolute atomic E-state index is 12.4. The highest BCUT2D eigenvalue weighted by atomic mass is 16.5. The van der Waals surface area contributed by atoms with Gasteiger partial charge in [0.25, 0.3) is 11.5 Å². The first-order valence-corrected chi connectivity index (χ1v) is 10.00. The second kappa shape index (κ2) is 9.39. The van der Waals surface area contributed by atoms with E-state index in [4.69, 9.17) is 4.74 Å². The van der Waals surface area contributed by atoms with Crippen molar-refractivity contribution < 1.29 is 9.53 Å². The number of amides is 1. The fraction of sp³-hybridized carbons (Fsp3) is 0.292. The molecule has 1 N–H and O–H groups in total. The van der Waals surface area contributed by atoms with Crippen molar-refractivity contribution in [1.82, 2.24) is 15.1 Å². The first kappa shape index (κ1) is 21.3. The maximum Gasteiger partial charge on any atom is 0.266 e. The summed E-state index contributed by atoms with van der Waals surface area (Å²) >= 11 is 0. The van der Waals surface area contributed by atoms with Crippen molar-refractivity contribution in [3.05, 3.63) is 81.6 Å². The molecule has 0 radical (unpaired) electrons. The van der Waals surface area contributed by atoms with E-state index < -0.39 is 6.10 Å². The summed E-state index contributed by atoms with van der Waals surface area (Å²) in [6.45, 7) is 8.26. The molecule has 6 heteroatoms. The largest absolute Gasteiger partial charge is 0.481 e. The molecule has 30 heavy (non-hydrogen) atoms. The molecule has 0 aliphatic heterocycles. The summed E-state index contributed by atoms with van der Waals surface area (Å²) < 4.78 is 7.12. The number of carbonyl (C=O) groups excluding carboxylic acids is 1. The molecule has 0 aliphatic carbocycles. The first-order chi connectivity index (χ1) is 14.3. The normalized spacial score (nSPS) is 11.7. The van der Waals surface area contributed by atoms with Gasteiger partial charge in [-0.3, -0.25) is 9.59 Å². The Morgan fingerprint density at radius 2 is 1.67 bits per heavy atom. The zero-order valence-corrected chi connectivity index (χ0v) is 17.8. The SMILES string of the molecule is Cc1ccc(-c2ccc(=O)n(CCNC(=O)C(C)Oc3cc(C)cc(C)c3)n2)cc1. The molecule has 2 aromatic carbocycles.